The van der Waals surface area contributed by atoms with Gasteiger partial charge in [0.05, 0.1) is 0 Å². The molecule has 0 saturated heterocycles. The quantitative estimate of drug-likeness (QED) is 0.477. The molecule has 0 radical (unpaired) electrons. The van der Waals surface area contributed by atoms with Crippen LogP contribution in [-0.2, 0) is 17.6 Å². The van der Waals surface area contributed by atoms with Gasteiger partial charge >= 0.3 is 0 Å². The predicted molar refractivity (Wildman–Crippen MR) is 84.3 cm³/mol. The molecule has 2 rings (SSSR count). The zero-order valence-corrected chi connectivity index (χ0v) is 12.3. The third kappa shape index (κ3) is 4.23. The summed E-state index contributed by atoms with van der Waals surface area (Å²) in [6.07, 6.45) is 5.77. The minimum atomic E-state index is 0.500. The summed E-state index contributed by atoms with van der Waals surface area (Å²) in [5.74, 6) is 0.500. The highest BCUT2D eigenvalue weighted by atomic mass is 16.5. The van der Waals surface area contributed by atoms with Crippen LogP contribution >= 0.6 is 0 Å². The number of hydrogen-bond acceptors (Lipinski definition) is 2. The third-order valence-corrected chi connectivity index (χ3v) is 3.59. The van der Waals surface area contributed by atoms with Crippen molar-refractivity contribution in [2.24, 2.45) is 10.7 Å². The molecular formula is C16H25N3O. The number of hydrogen-bond donors (Lipinski definition) is 2. The Labute approximate surface area is 121 Å². The molecule has 1 aromatic rings. The van der Waals surface area contributed by atoms with Gasteiger partial charge in [-0.3, -0.25) is 4.99 Å². The summed E-state index contributed by atoms with van der Waals surface area (Å²) < 4.78 is 5.28. The van der Waals surface area contributed by atoms with Crippen LogP contribution in [0.1, 0.15) is 37.3 Å². The number of aryl methyl sites for hydroxylation is 1. The predicted octanol–water partition coefficient (Wildman–Crippen LogP) is 2.72. The number of fused-ring (bicyclic) bond motifs is 1. The maximum atomic E-state index is 5.95. The molecular weight excluding hydrogens is 250 g/mol. The largest absolute Gasteiger partial charge is 0.382 e. The molecule has 0 bridgehead atoms. The van der Waals surface area contributed by atoms with Crippen LogP contribution in [0.4, 0.5) is 5.69 Å². The number of nitrogens with two attached hydrogens (primary N) is 1. The first-order valence-corrected chi connectivity index (χ1v) is 7.56. The minimum absolute atomic E-state index is 0.500. The molecule has 0 aromatic heterocycles. The molecule has 0 saturated carbocycles. The van der Waals surface area contributed by atoms with Gasteiger partial charge in [-0.1, -0.05) is 12.1 Å². The van der Waals surface area contributed by atoms with Crippen molar-refractivity contribution >= 4 is 11.6 Å². The van der Waals surface area contributed by atoms with Crippen molar-refractivity contribution in [1.82, 2.24) is 0 Å². The monoisotopic (exact) mass is 275 g/mol. The zero-order valence-electron chi connectivity index (χ0n) is 12.3. The minimum Gasteiger partial charge on any atom is -0.382 e. The first-order chi connectivity index (χ1) is 9.81. The molecule has 1 aliphatic rings. The Hall–Kier alpha value is -1.55. The second-order valence-electron chi connectivity index (χ2n) is 5.09. The van der Waals surface area contributed by atoms with Crippen LogP contribution in [0.2, 0.25) is 0 Å². The maximum Gasteiger partial charge on any atom is 0.193 e. The number of anilines is 1. The Kier molecular flexibility index (Phi) is 5.87. The summed E-state index contributed by atoms with van der Waals surface area (Å²) in [6, 6.07) is 6.40. The molecule has 0 unspecified atom stereocenters. The molecule has 4 nitrogen and oxygen atoms in total. The fraction of sp³-hybridized carbons (Fsp3) is 0.562. The Morgan fingerprint density at radius 1 is 1.35 bits per heavy atom. The van der Waals surface area contributed by atoms with E-state index in [1.165, 1.54) is 30.4 Å². The first-order valence-electron chi connectivity index (χ1n) is 7.56. The summed E-state index contributed by atoms with van der Waals surface area (Å²) >= 11 is 0. The summed E-state index contributed by atoms with van der Waals surface area (Å²) in [4.78, 5) is 4.34. The van der Waals surface area contributed by atoms with Gasteiger partial charge in [-0.05, 0) is 56.2 Å². The van der Waals surface area contributed by atoms with E-state index >= 15 is 0 Å². The Bertz CT molecular complexity index is 457. The number of benzene rings is 1. The van der Waals surface area contributed by atoms with Crippen LogP contribution in [0.25, 0.3) is 0 Å². The summed E-state index contributed by atoms with van der Waals surface area (Å²) in [6.45, 7) is 4.20. The van der Waals surface area contributed by atoms with E-state index in [0.29, 0.717) is 12.5 Å². The molecule has 110 valence electrons. The van der Waals surface area contributed by atoms with Crippen LogP contribution in [-0.4, -0.2) is 25.7 Å². The number of aliphatic imine (C=N–C) groups is 1. The number of ether oxygens (including phenoxy) is 1. The molecule has 1 aromatic carbocycles. The van der Waals surface area contributed by atoms with E-state index in [1.54, 1.807) is 0 Å². The highest BCUT2D eigenvalue weighted by Gasteiger charge is 2.12. The van der Waals surface area contributed by atoms with Gasteiger partial charge in [0.2, 0.25) is 0 Å². The Morgan fingerprint density at radius 2 is 2.20 bits per heavy atom. The molecule has 0 spiro atoms. The second kappa shape index (κ2) is 7.90. The molecule has 0 aliphatic heterocycles. The summed E-state index contributed by atoms with van der Waals surface area (Å²) in [5.41, 5.74) is 9.93. The topological polar surface area (TPSA) is 59.6 Å². The van der Waals surface area contributed by atoms with E-state index in [2.05, 4.69) is 28.5 Å². The summed E-state index contributed by atoms with van der Waals surface area (Å²) in [7, 11) is 0. The zero-order chi connectivity index (χ0) is 14.2. The van der Waals surface area contributed by atoms with Crippen LogP contribution in [0.3, 0.4) is 0 Å². The van der Waals surface area contributed by atoms with Crippen LogP contribution in [0.15, 0.2) is 23.2 Å². The van der Waals surface area contributed by atoms with Crippen molar-refractivity contribution in [1.29, 1.82) is 0 Å². The number of guanidine groups is 1. The van der Waals surface area contributed by atoms with Gasteiger partial charge in [-0.25, -0.2) is 0 Å². The number of rotatable bonds is 6. The van der Waals surface area contributed by atoms with Crippen molar-refractivity contribution in [2.45, 2.75) is 39.0 Å². The van der Waals surface area contributed by atoms with Crippen molar-refractivity contribution in [2.75, 3.05) is 25.1 Å². The first kappa shape index (κ1) is 14.9. The lowest BCUT2D eigenvalue weighted by molar-refractivity contribution is 0.146. The molecule has 0 atom stereocenters. The van der Waals surface area contributed by atoms with Crippen molar-refractivity contribution in [3.8, 4) is 0 Å². The number of nitrogens with zero attached hydrogens (tertiary/aromatic N) is 1. The van der Waals surface area contributed by atoms with Crippen LogP contribution < -0.4 is 11.1 Å². The molecule has 0 heterocycles. The Morgan fingerprint density at radius 3 is 3.05 bits per heavy atom. The van der Waals surface area contributed by atoms with Crippen molar-refractivity contribution in [3.63, 3.8) is 0 Å². The lowest BCUT2D eigenvalue weighted by atomic mass is 9.90. The molecule has 1 aliphatic carbocycles. The highest BCUT2D eigenvalue weighted by Crippen LogP contribution is 2.27. The Balaban J connectivity index is 1.91. The van der Waals surface area contributed by atoms with Crippen molar-refractivity contribution < 1.29 is 4.74 Å². The molecule has 0 fully saturated rings. The average molecular weight is 275 g/mol. The highest BCUT2D eigenvalue weighted by molar-refractivity contribution is 5.93. The van der Waals surface area contributed by atoms with Crippen LogP contribution in [0, 0.1) is 0 Å². The molecule has 4 heteroatoms. The smallest absolute Gasteiger partial charge is 0.193 e. The SMILES string of the molecule is CCOCCCN=C(N)Nc1cccc2c1CCCC2. The van der Waals surface area contributed by atoms with E-state index in [1.807, 2.05) is 6.92 Å². The van der Waals surface area contributed by atoms with Crippen LogP contribution in [0.5, 0.6) is 0 Å². The average Bonchev–Trinajstić information content (AvgIpc) is 2.47. The van der Waals surface area contributed by atoms with Gasteiger partial charge in [-0.15, -0.1) is 0 Å². The maximum absolute atomic E-state index is 5.95. The third-order valence-electron chi connectivity index (χ3n) is 3.59. The lowest BCUT2D eigenvalue weighted by Crippen LogP contribution is -2.24. The van der Waals surface area contributed by atoms with Gasteiger partial charge < -0.3 is 15.8 Å². The fourth-order valence-corrected chi connectivity index (χ4v) is 2.59. The normalized spacial score (nSPS) is 14.9. The molecule has 20 heavy (non-hydrogen) atoms. The van der Waals surface area contributed by atoms with Gasteiger partial charge in [0.15, 0.2) is 5.96 Å². The lowest BCUT2D eigenvalue weighted by Gasteiger charge is -2.19. The van der Waals surface area contributed by atoms with Gasteiger partial charge in [0, 0.05) is 25.4 Å². The van der Waals surface area contributed by atoms with E-state index in [9.17, 15) is 0 Å². The van der Waals surface area contributed by atoms with E-state index in [-0.39, 0.29) is 0 Å². The van der Waals surface area contributed by atoms with Gasteiger partial charge in [-0.2, -0.15) is 0 Å². The molecule has 3 N–H and O–H groups in total. The fourth-order valence-electron chi connectivity index (χ4n) is 2.59. The van der Waals surface area contributed by atoms with E-state index in [4.69, 9.17) is 10.5 Å². The van der Waals surface area contributed by atoms with Gasteiger partial charge in [0.1, 0.15) is 0 Å². The van der Waals surface area contributed by atoms with Crippen molar-refractivity contribution in [3.05, 3.63) is 29.3 Å². The summed E-state index contributed by atoms with van der Waals surface area (Å²) in [5, 5.41) is 3.25. The van der Waals surface area contributed by atoms with Gasteiger partial charge in [0.25, 0.3) is 0 Å². The standard InChI is InChI=1S/C16H25N3O/c1-2-20-12-6-11-18-16(17)19-15-10-5-8-13-7-3-4-9-14(13)15/h5,8,10H,2-4,6-7,9,11-12H2,1H3,(H3,17,18,19). The number of nitrogens with one attached hydrogen (secondary N) is 1. The second-order valence-corrected chi connectivity index (χ2v) is 5.09. The van der Waals surface area contributed by atoms with E-state index < -0.39 is 0 Å². The molecule has 0 amide bonds. The van der Waals surface area contributed by atoms with E-state index in [0.717, 1.165) is 31.7 Å².